The standard InChI is InChI=1S/C10H12N2O2/c1-2-14-10-5-3-9(4-6-10)7-11-12-8-13/h3-8H,2H2,1H3,(H,12,13)/b11-7-. The summed E-state index contributed by atoms with van der Waals surface area (Å²) in [6, 6.07) is 7.43. The van der Waals surface area contributed by atoms with Crippen molar-refractivity contribution in [3.8, 4) is 5.75 Å². The number of nitrogens with zero attached hydrogens (tertiary/aromatic N) is 1. The molecule has 1 rings (SSSR count). The highest BCUT2D eigenvalue weighted by Crippen LogP contribution is 2.10. The van der Waals surface area contributed by atoms with Gasteiger partial charge >= 0.3 is 0 Å². The van der Waals surface area contributed by atoms with Crippen LogP contribution in [0.15, 0.2) is 29.4 Å². The lowest BCUT2D eigenvalue weighted by Crippen LogP contribution is -2.00. The lowest BCUT2D eigenvalue weighted by molar-refractivity contribution is -0.109. The lowest BCUT2D eigenvalue weighted by atomic mass is 10.2. The summed E-state index contributed by atoms with van der Waals surface area (Å²) in [5.74, 6) is 0.827. The molecule has 0 spiro atoms. The fourth-order valence-electron chi connectivity index (χ4n) is 0.959. The Kier molecular flexibility index (Phi) is 4.20. The van der Waals surface area contributed by atoms with Crippen molar-refractivity contribution >= 4 is 12.6 Å². The molecule has 1 aromatic carbocycles. The summed E-state index contributed by atoms with van der Waals surface area (Å²) < 4.78 is 5.27. The highest BCUT2D eigenvalue weighted by Gasteiger charge is 1.91. The average Bonchev–Trinajstić information content (AvgIpc) is 2.21. The van der Waals surface area contributed by atoms with Crippen molar-refractivity contribution in [2.45, 2.75) is 6.92 Å². The molecule has 1 amide bonds. The topological polar surface area (TPSA) is 50.7 Å². The first kappa shape index (κ1) is 10.2. The van der Waals surface area contributed by atoms with Crippen LogP contribution in [0, 0.1) is 0 Å². The molecule has 0 fully saturated rings. The zero-order valence-electron chi connectivity index (χ0n) is 7.93. The van der Waals surface area contributed by atoms with E-state index in [0.717, 1.165) is 11.3 Å². The molecule has 74 valence electrons. The largest absolute Gasteiger partial charge is 0.494 e. The quantitative estimate of drug-likeness (QED) is 0.432. The van der Waals surface area contributed by atoms with Crippen molar-refractivity contribution in [1.82, 2.24) is 5.43 Å². The summed E-state index contributed by atoms with van der Waals surface area (Å²) in [4.78, 5) is 9.89. The minimum absolute atomic E-state index is 0.519. The molecule has 0 aliphatic carbocycles. The van der Waals surface area contributed by atoms with Crippen LogP contribution < -0.4 is 10.2 Å². The van der Waals surface area contributed by atoms with Gasteiger partial charge in [0.05, 0.1) is 12.8 Å². The molecule has 1 N–H and O–H groups in total. The number of carbonyl (C=O) groups excluding carboxylic acids is 1. The number of hydrogen-bond donors (Lipinski definition) is 1. The molecule has 0 saturated heterocycles. The molecule has 0 aromatic heterocycles. The maximum atomic E-state index is 9.89. The van der Waals surface area contributed by atoms with E-state index in [2.05, 4.69) is 10.5 Å². The predicted octanol–water partition coefficient (Wildman–Crippen LogP) is 1.17. The second-order valence-electron chi connectivity index (χ2n) is 2.51. The molecule has 14 heavy (non-hydrogen) atoms. The number of hydrogen-bond acceptors (Lipinski definition) is 3. The Morgan fingerprint density at radius 2 is 2.14 bits per heavy atom. The third-order valence-electron chi connectivity index (χ3n) is 1.53. The number of carbonyl (C=O) groups is 1. The van der Waals surface area contributed by atoms with Crippen molar-refractivity contribution in [2.75, 3.05) is 6.61 Å². The molecule has 0 radical (unpaired) electrons. The normalized spacial score (nSPS) is 10.1. The van der Waals surface area contributed by atoms with Gasteiger partial charge in [-0.1, -0.05) is 0 Å². The summed E-state index contributed by atoms with van der Waals surface area (Å²) in [5.41, 5.74) is 3.10. The van der Waals surface area contributed by atoms with E-state index in [1.807, 2.05) is 31.2 Å². The molecule has 0 unspecified atom stereocenters. The average molecular weight is 192 g/mol. The van der Waals surface area contributed by atoms with Crippen LogP contribution in [0.3, 0.4) is 0 Å². The van der Waals surface area contributed by atoms with Gasteiger partial charge in [0.15, 0.2) is 0 Å². The summed E-state index contributed by atoms with van der Waals surface area (Å²) in [6.45, 7) is 2.59. The first-order valence-corrected chi connectivity index (χ1v) is 4.32. The minimum atomic E-state index is 0.519. The van der Waals surface area contributed by atoms with Crippen LogP contribution in [0.4, 0.5) is 0 Å². The third kappa shape index (κ3) is 3.26. The molecule has 1 aromatic rings. The molecule has 0 heterocycles. The molecule has 4 nitrogen and oxygen atoms in total. The Morgan fingerprint density at radius 3 is 2.71 bits per heavy atom. The summed E-state index contributed by atoms with van der Waals surface area (Å²) in [7, 11) is 0. The molecule has 0 aliphatic heterocycles. The molecular weight excluding hydrogens is 180 g/mol. The lowest BCUT2D eigenvalue weighted by Gasteiger charge is -2.01. The van der Waals surface area contributed by atoms with Crippen LogP contribution in [0.25, 0.3) is 0 Å². The SMILES string of the molecule is CCOc1ccc(/C=N\NC=O)cc1. The molecule has 0 aliphatic rings. The van der Waals surface area contributed by atoms with Crippen LogP contribution >= 0.6 is 0 Å². The Balaban J connectivity index is 2.58. The van der Waals surface area contributed by atoms with Crippen molar-refractivity contribution in [2.24, 2.45) is 5.10 Å². The first-order valence-electron chi connectivity index (χ1n) is 4.32. The highest BCUT2D eigenvalue weighted by molar-refractivity contribution is 5.80. The van der Waals surface area contributed by atoms with E-state index in [1.54, 1.807) is 6.21 Å². The van der Waals surface area contributed by atoms with E-state index >= 15 is 0 Å². The van der Waals surface area contributed by atoms with Gasteiger partial charge in [0.1, 0.15) is 5.75 Å². The minimum Gasteiger partial charge on any atom is -0.494 e. The van der Waals surface area contributed by atoms with Gasteiger partial charge < -0.3 is 4.74 Å². The van der Waals surface area contributed by atoms with E-state index in [4.69, 9.17) is 4.74 Å². The molecule has 0 bridgehead atoms. The van der Waals surface area contributed by atoms with E-state index in [1.165, 1.54) is 0 Å². The van der Waals surface area contributed by atoms with Crippen molar-refractivity contribution in [1.29, 1.82) is 0 Å². The van der Waals surface area contributed by atoms with Gasteiger partial charge in [-0.3, -0.25) is 4.79 Å². The third-order valence-corrected chi connectivity index (χ3v) is 1.53. The zero-order valence-corrected chi connectivity index (χ0v) is 7.93. The van der Waals surface area contributed by atoms with Crippen LogP contribution in [0.2, 0.25) is 0 Å². The van der Waals surface area contributed by atoms with Crippen LogP contribution in [0.5, 0.6) is 5.75 Å². The van der Waals surface area contributed by atoms with E-state index in [9.17, 15) is 4.79 Å². The predicted molar refractivity (Wildman–Crippen MR) is 54.4 cm³/mol. The molecular formula is C10H12N2O2. The van der Waals surface area contributed by atoms with E-state index in [-0.39, 0.29) is 0 Å². The van der Waals surface area contributed by atoms with Gasteiger partial charge in [0.25, 0.3) is 0 Å². The Labute approximate surface area is 82.6 Å². The molecule has 0 atom stereocenters. The smallest absolute Gasteiger partial charge is 0.227 e. The number of hydrazone groups is 1. The zero-order chi connectivity index (χ0) is 10.2. The maximum absolute atomic E-state index is 9.89. The van der Waals surface area contributed by atoms with Gasteiger partial charge in [0, 0.05) is 0 Å². The number of nitrogens with one attached hydrogen (secondary N) is 1. The fraction of sp³-hybridized carbons (Fsp3) is 0.200. The monoisotopic (exact) mass is 192 g/mol. The highest BCUT2D eigenvalue weighted by atomic mass is 16.5. The van der Waals surface area contributed by atoms with E-state index < -0.39 is 0 Å². The van der Waals surface area contributed by atoms with Gasteiger partial charge in [-0.05, 0) is 36.8 Å². The molecule has 4 heteroatoms. The second kappa shape index (κ2) is 5.75. The summed E-state index contributed by atoms with van der Waals surface area (Å²) in [6.07, 6.45) is 2.08. The van der Waals surface area contributed by atoms with Crippen molar-refractivity contribution in [3.63, 3.8) is 0 Å². The number of ether oxygens (including phenoxy) is 1. The Hall–Kier alpha value is -1.84. The Morgan fingerprint density at radius 1 is 1.43 bits per heavy atom. The van der Waals surface area contributed by atoms with Crippen molar-refractivity contribution in [3.05, 3.63) is 29.8 Å². The number of benzene rings is 1. The van der Waals surface area contributed by atoms with Crippen LogP contribution in [-0.4, -0.2) is 19.2 Å². The summed E-state index contributed by atoms with van der Waals surface area (Å²) in [5, 5.41) is 3.65. The van der Waals surface area contributed by atoms with Gasteiger partial charge in [-0.15, -0.1) is 0 Å². The fourth-order valence-corrected chi connectivity index (χ4v) is 0.959. The van der Waals surface area contributed by atoms with Crippen molar-refractivity contribution < 1.29 is 9.53 Å². The Bertz CT molecular complexity index is 306. The van der Waals surface area contributed by atoms with Crippen LogP contribution in [-0.2, 0) is 4.79 Å². The maximum Gasteiger partial charge on any atom is 0.227 e. The van der Waals surface area contributed by atoms with Gasteiger partial charge in [-0.2, -0.15) is 5.10 Å². The molecule has 0 saturated carbocycles. The number of rotatable bonds is 5. The van der Waals surface area contributed by atoms with Gasteiger partial charge in [-0.25, -0.2) is 5.43 Å². The van der Waals surface area contributed by atoms with Crippen LogP contribution in [0.1, 0.15) is 12.5 Å². The first-order chi connectivity index (χ1) is 6.86. The van der Waals surface area contributed by atoms with E-state index in [0.29, 0.717) is 13.0 Å². The second-order valence-corrected chi connectivity index (χ2v) is 2.51. The van der Waals surface area contributed by atoms with Gasteiger partial charge in [0.2, 0.25) is 6.41 Å². The number of amides is 1. The summed E-state index contributed by atoms with van der Waals surface area (Å²) >= 11 is 0.